The molecule has 0 spiro atoms. The van der Waals surface area contributed by atoms with E-state index in [4.69, 9.17) is 5.53 Å². The van der Waals surface area contributed by atoms with Gasteiger partial charge in [-0.15, -0.1) is 0 Å². The Morgan fingerprint density at radius 1 is 1.33 bits per heavy atom. The lowest BCUT2D eigenvalue weighted by Gasteiger charge is -2.16. The van der Waals surface area contributed by atoms with Gasteiger partial charge in [0.05, 0.1) is 17.0 Å². The normalized spacial score (nSPS) is 15.0. The highest BCUT2D eigenvalue weighted by Gasteiger charge is 2.31. The smallest absolute Gasteiger partial charge is 0.361 e. The third kappa shape index (κ3) is 2.40. The second-order valence-electron chi connectivity index (χ2n) is 3.73. The lowest BCUT2D eigenvalue weighted by atomic mass is 9.93. The fraction of sp³-hybridized carbons (Fsp3) is 0.182. The minimum absolute atomic E-state index is 0.0253. The molecule has 92 valence electrons. The zero-order valence-corrected chi connectivity index (χ0v) is 13.9. The van der Waals surface area contributed by atoms with Crippen LogP contribution in [0.4, 0.5) is 0 Å². The maximum absolute atomic E-state index is 11.9. The Labute approximate surface area is 128 Å². The Hall–Kier alpha value is -0.620. The van der Waals surface area contributed by atoms with Crippen LogP contribution in [0.5, 0.6) is 0 Å². The summed E-state index contributed by atoms with van der Waals surface area (Å²) < 4.78 is -0.628. The van der Waals surface area contributed by atoms with Crippen LogP contribution in [-0.2, 0) is 2.14 Å². The number of halogens is 3. The van der Waals surface area contributed by atoms with Gasteiger partial charge in [0.25, 0.3) is 5.78 Å². The number of nitrogens with zero attached hydrogens (tertiary/aromatic N) is 3. The van der Waals surface area contributed by atoms with E-state index in [1.54, 1.807) is 12.1 Å². The summed E-state index contributed by atoms with van der Waals surface area (Å²) in [4.78, 5) is 19.3. The molecule has 0 aliphatic heterocycles. The summed E-state index contributed by atoms with van der Waals surface area (Å²) >= 11 is 10.1. The third-order valence-electron chi connectivity index (χ3n) is 2.50. The molecule has 0 amide bonds. The van der Waals surface area contributed by atoms with Gasteiger partial charge in [-0.3, -0.25) is 4.79 Å². The largest absolute Gasteiger partial charge is 0.363 e. The number of carbonyl (C=O) groups excluding carboxylic acids is 1. The van der Waals surface area contributed by atoms with Crippen molar-refractivity contribution >= 4 is 64.9 Å². The molecule has 0 unspecified atom stereocenters. The van der Waals surface area contributed by atoms with Crippen molar-refractivity contribution in [2.75, 3.05) is 0 Å². The van der Waals surface area contributed by atoms with Gasteiger partial charge in [-0.1, -0.05) is 47.8 Å². The molecule has 0 aromatic carbocycles. The van der Waals surface area contributed by atoms with Crippen LogP contribution in [0.2, 0.25) is 0 Å². The lowest BCUT2D eigenvalue weighted by molar-refractivity contribution is -0.00440. The number of carbonyl (C=O) groups is 1. The van der Waals surface area contributed by atoms with Gasteiger partial charge < -0.3 is 5.53 Å². The molecule has 1 aromatic heterocycles. The SMILES string of the molecule is CC1=CC(=[N+]=[N-])C(=O)c2ccc(C(Br)(Br)Br)nc21. The quantitative estimate of drug-likeness (QED) is 0.354. The maximum Gasteiger partial charge on any atom is 0.363 e. The molecule has 0 saturated heterocycles. The molecule has 1 aromatic rings. The topological polar surface area (TPSA) is 66.4 Å². The number of Topliss-reactive ketones (excluding diaryl/α,β-unsaturated/α-hetero) is 1. The van der Waals surface area contributed by atoms with E-state index in [1.807, 2.05) is 6.92 Å². The molecular formula is C11H6Br3N3O. The number of ketones is 1. The molecule has 2 rings (SSSR count). The van der Waals surface area contributed by atoms with Gasteiger partial charge in [-0.05, 0) is 24.6 Å². The van der Waals surface area contributed by atoms with E-state index in [9.17, 15) is 4.79 Å². The molecule has 0 radical (unpaired) electrons. The predicted octanol–water partition coefficient (Wildman–Crippen LogP) is 3.65. The van der Waals surface area contributed by atoms with Crippen molar-refractivity contribution in [1.29, 1.82) is 0 Å². The van der Waals surface area contributed by atoms with E-state index in [0.717, 1.165) is 5.57 Å². The highest BCUT2D eigenvalue weighted by Crippen LogP contribution is 2.44. The van der Waals surface area contributed by atoms with E-state index < -0.39 is 2.14 Å². The van der Waals surface area contributed by atoms with Crippen LogP contribution in [0.3, 0.4) is 0 Å². The van der Waals surface area contributed by atoms with E-state index in [2.05, 4.69) is 57.6 Å². The molecule has 1 aliphatic rings. The highest BCUT2D eigenvalue weighted by atomic mass is 80.0. The number of aromatic nitrogens is 1. The summed E-state index contributed by atoms with van der Waals surface area (Å²) in [5, 5.41) is 0. The van der Waals surface area contributed by atoms with Gasteiger partial charge in [0, 0.05) is 6.08 Å². The summed E-state index contributed by atoms with van der Waals surface area (Å²) in [5.74, 6) is -0.332. The van der Waals surface area contributed by atoms with Gasteiger partial charge in [-0.25, -0.2) is 4.98 Å². The molecule has 18 heavy (non-hydrogen) atoms. The molecule has 1 heterocycles. The summed E-state index contributed by atoms with van der Waals surface area (Å²) in [6, 6.07) is 3.38. The zero-order chi connectivity index (χ0) is 13.5. The first kappa shape index (κ1) is 13.8. The van der Waals surface area contributed by atoms with Crippen LogP contribution in [-0.4, -0.2) is 21.3 Å². The lowest BCUT2D eigenvalue weighted by Crippen LogP contribution is -2.21. The summed E-state index contributed by atoms with van der Waals surface area (Å²) in [5.41, 5.74) is 11.3. The maximum atomic E-state index is 11.9. The van der Waals surface area contributed by atoms with E-state index >= 15 is 0 Å². The van der Waals surface area contributed by atoms with E-state index in [-0.39, 0.29) is 11.5 Å². The highest BCUT2D eigenvalue weighted by molar-refractivity contribution is 9.38. The molecule has 0 atom stereocenters. The van der Waals surface area contributed by atoms with Crippen molar-refractivity contribution in [2.45, 2.75) is 9.07 Å². The van der Waals surface area contributed by atoms with Gasteiger partial charge >= 0.3 is 5.71 Å². The molecule has 7 heteroatoms. The van der Waals surface area contributed by atoms with Gasteiger partial charge in [0.2, 0.25) is 0 Å². The second-order valence-corrected chi connectivity index (χ2v) is 10.5. The zero-order valence-electron chi connectivity index (χ0n) is 9.12. The number of hydrogen-bond acceptors (Lipinski definition) is 2. The van der Waals surface area contributed by atoms with Crippen LogP contribution in [0.25, 0.3) is 11.1 Å². The standard InChI is InChI=1S/C11H6Br3N3O/c1-5-4-7(17-15)10(18)6-2-3-8(11(12,13)14)16-9(5)6/h2-4H,1H3. The Bertz CT molecular complexity index is 625. The van der Waals surface area contributed by atoms with E-state index in [1.165, 1.54) is 6.08 Å². The number of allylic oxidation sites excluding steroid dienone is 2. The Morgan fingerprint density at radius 3 is 2.56 bits per heavy atom. The minimum atomic E-state index is -0.628. The van der Waals surface area contributed by atoms with Gasteiger partial charge in [0.15, 0.2) is 2.14 Å². The number of fused-ring (bicyclic) bond motifs is 1. The van der Waals surface area contributed by atoms with Crippen molar-refractivity contribution in [3.05, 3.63) is 40.7 Å². The molecular weight excluding hydrogens is 430 g/mol. The first-order chi connectivity index (χ1) is 8.34. The summed E-state index contributed by atoms with van der Waals surface area (Å²) in [6.45, 7) is 1.81. The molecule has 0 bridgehead atoms. The fourth-order valence-electron chi connectivity index (χ4n) is 1.65. The number of pyridine rings is 1. The Balaban J connectivity index is 2.67. The number of hydrogen-bond donors (Lipinski definition) is 0. The Kier molecular flexibility index (Phi) is 3.69. The van der Waals surface area contributed by atoms with E-state index in [0.29, 0.717) is 17.0 Å². The van der Waals surface area contributed by atoms with Crippen LogP contribution in [0.1, 0.15) is 28.7 Å². The van der Waals surface area contributed by atoms with Gasteiger partial charge in [0.1, 0.15) is 0 Å². The Morgan fingerprint density at radius 2 is 2.00 bits per heavy atom. The van der Waals surface area contributed by atoms with Crippen LogP contribution >= 0.6 is 47.8 Å². The monoisotopic (exact) mass is 433 g/mol. The first-order valence-corrected chi connectivity index (χ1v) is 7.26. The third-order valence-corrected chi connectivity index (χ3v) is 3.72. The second kappa shape index (κ2) is 4.81. The summed E-state index contributed by atoms with van der Waals surface area (Å²) in [6.07, 6.45) is 1.51. The van der Waals surface area contributed by atoms with Gasteiger partial charge in [-0.2, -0.15) is 4.79 Å². The van der Waals surface area contributed by atoms with Crippen LogP contribution in [0, 0.1) is 0 Å². The molecule has 0 saturated carbocycles. The number of rotatable bonds is 0. The van der Waals surface area contributed by atoms with Crippen LogP contribution in [0.15, 0.2) is 18.2 Å². The molecule has 1 aliphatic carbocycles. The molecule has 0 fully saturated rings. The number of alkyl halides is 3. The fourth-order valence-corrected chi connectivity index (χ4v) is 2.31. The van der Waals surface area contributed by atoms with Crippen molar-refractivity contribution < 1.29 is 9.58 Å². The van der Waals surface area contributed by atoms with Crippen molar-refractivity contribution in [2.24, 2.45) is 0 Å². The van der Waals surface area contributed by atoms with Crippen molar-refractivity contribution in [3.63, 3.8) is 0 Å². The van der Waals surface area contributed by atoms with Crippen LogP contribution < -0.4 is 0 Å². The van der Waals surface area contributed by atoms with Crippen molar-refractivity contribution in [1.82, 2.24) is 4.98 Å². The first-order valence-electron chi connectivity index (χ1n) is 4.88. The predicted molar refractivity (Wildman–Crippen MR) is 79.3 cm³/mol. The average molecular weight is 436 g/mol. The molecule has 0 N–H and O–H groups in total. The average Bonchev–Trinajstić information content (AvgIpc) is 2.32. The summed E-state index contributed by atoms with van der Waals surface area (Å²) in [7, 11) is 0. The minimum Gasteiger partial charge on any atom is -0.361 e. The van der Waals surface area contributed by atoms with Crippen molar-refractivity contribution in [3.8, 4) is 0 Å². The molecule has 4 nitrogen and oxygen atoms in total.